The maximum Gasteiger partial charge on any atom is -0.0121 e. The van der Waals surface area contributed by atoms with Gasteiger partial charge in [-0.05, 0) is 31.6 Å². The van der Waals surface area contributed by atoms with Crippen LogP contribution in [0.1, 0.15) is 46.0 Å². The minimum atomic E-state index is 0.606. The number of rotatable bonds is 2. The van der Waals surface area contributed by atoms with Crippen LogP contribution in [0.4, 0.5) is 0 Å². The van der Waals surface area contributed by atoms with Crippen molar-refractivity contribution in [2.45, 2.75) is 46.0 Å². The molecular weight excluding hydrogens is 120 g/mol. The van der Waals surface area contributed by atoms with E-state index in [1.165, 1.54) is 32.1 Å². The Labute approximate surface area is 64.3 Å². The van der Waals surface area contributed by atoms with Gasteiger partial charge in [-0.15, -0.1) is 0 Å². The highest BCUT2D eigenvalue weighted by Gasteiger charge is 2.28. The summed E-state index contributed by atoms with van der Waals surface area (Å²) in [7, 11) is 0. The van der Waals surface area contributed by atoms with Gasteiger partial charge in [-0.2, -0.15) is 0 Å². The first-order chi connectivity index (χ1) is 4.83. The fraction of sp³-hybridized carbons (Fsp3) is 0.800. The van der Waals surface area contributed by atoms with Crippen LogP contribution in [0.5, 0.6) is 0 Å². The van der Waals surface area contributed by atoms with Crippen molar-refractivity contribution in [3.8, 4) is 0 Å². The van der Waals surface area contributed by atoms with Gasteiger partial charge in [0.1, 0.15) is 0 Å². The molecule has 0 spiro atoms. The van der Waals surface area contributed by atoms with Crippen molar-refractivity contribution in [3.63, 3.8) is 0 Å². The lowest BCUT2D eigenvalue weighted by molar-refractivity contribution is 0.381. The van der Waals surface area contributed by atoms with E-state index >= 15 is 0 Å². The van der Waals surface area contributed by atoms with E-state index < -0.39 is 0 Å². The first-order valence-corrected chi connectivity index (χ1v) is 4.47. The van der Waals surface area contributed by atoms with E-state index in [-0.39, 0.29) is 0 Å². The van der Waals surface area contributed by atoms with Crippen LogP contribution in [0.25, 0.3) is 0 Å². The summed E-state index contributed by atoms with van der Waals surface area (Å²) in [6.45, 7) is 4.45. The smallest absolute Gasteiger partial charge is 0.0121 e. The van der Waals surface area contributed by atoms with Gasteiger partial charge in [-0.25, -0.2) is 0 Å². The number of allylic oxidation sites excluding steroid dienone is 2. The molecule has 0 aromatic carbocycles. The van der Waals surface area contributed by atoms with Gasteiger partial charge in [-0.3, -0.25) is 0 Å². The van der Waals surface area contributed by atoms with Gasteiger partial charge < -0.3 is 0 Å². The molecule has 0 aliphatic heterocycles. The molecule has 10 heavy (non-hydrogen) atoms. The summed E-state index contributed by atoms with van der Waals surface area (Å²) in [4.78, 5) is 0. The molecule has 0 bridgehead atoms. The second kappa shape index (κ2) is 3.23. The maximum atomic E-state index is 2.42. The lowest BCUT2D eigenvalue weighted by atomic mass is 9.83. The zero-order valence-electron chi connectivity index (χ0n) is 7.19. The van der Waals surface area contributed by atoms with Gasteiger partial charge in [0.2, 0.25) is 0 Å². The van der Waals surface area contributed by atoms with Crippen molar-refractivity contribution in [1.29, 1.82) is 0 Å². The second-order valence-corrected chi connectivity index (χ2v) is 3.42. The molecule has 1 aliphatic rings. The van der Waals surface area contributed by atoms with Crippen molar-refractivity contribution in [3.05, 3.63) is 12.2 Å². The van der Waals surface area contributed by atoms with Crippen LogP contribution in [0, 0.1) is 5.41 Å². The first-order valence-electron chi connectivity index (χ1n) is 4.47. The summed E-state index contributed by atoms with van der Waals surface area (Å²) in [5.41, 5.74) is 0.606. The molecule has 0 heteroatoms. The third-order valence-electron chi connectivity index (χ3n) is 2.82. The van der Waals surface area contributed by atoms with Gasteiger partial charge in [0, 0.05) is 0 Å². The molecule has 0 nitrogen and oxygen atoms in total. The monoisotopic (exact) mass is 138 g/mol. The Hall–Kier alpha value is -0.260. The zero-order valence-corrected chi connectivity index (χ0v) is 7.19. The van der Waals surface area contributed by atoms with E-state index in [4.69, 9.17) is 0 Å². The van der Waals surface area contributed by atoms with Crippen LogP contribution < -0.4 is 0 Å². The van der Waals surface area contributed by atoms with Crippen molar-refractivity contribution in [1.82, 2.24) is 0 Å². The third kappa shape index (κ3) is 1.42. The Morgan fingerprint density at radius 2 is 1.90 bits per heavy atom. The minimum Gasteiger partial charge on any atom is -0.0911 e. The molecule has 1 fully saturated rings. The molecule has 1 rings (SSSR count). The van der Waals surface area contributed by atoms with E-state index in [0.717, 1.165) is 0 Å². The highest BCUT2D eigenvalue weighted by atomic mass is 14.3. The highest BCUT2D eigenvalue weighted by molar-refractivity contribution is 5.00. The Bertz CT molecular complexity index is 116. The van der Waals surface area contributed by atoms with E-state index in [0.29, 0.717) is 5.41 Å². The van der Waals surface area contributed by atoms with Crippen LogP contribution in [0.2, 0.25) is 0 Å². The summed E-state index contributed by atoms with van der Waals surface area (Å²) in [5.74, 6) is 0. The van der Waals surface area contributed by atoms with Crippen LogP contribution in [0.3, 0.4) is 0 Å². The van der Waals surface area contributed by atoms with Gasteiger partial charge in [-0.1, -0.05) is 31.9 Å². The van der Waals surface area contributed by atoms with Gasteiger partial charge in [0.15, 0.2) is 0 Å². The summed E-state index contributed by atoms with van der Waals surface area (Å²) in [6.07, 6.45) is 11.7. The Balaban J connectivity index is 2.57. The normalized spacial score (nSPS) is 24.2. The molecular formula is C10H18. The molecule has 0 aromatic heterocycles. The zero-order chi connectivity index (χ0) is 7.45. The number of hydrogen-bond acceptors (Lipinski definition) is 0. The topological polar surface area (TPSA) is 0 Å². The summed E-state index contributed by atoms with van der Waals surface area (Å²) < 4.78 is 0. The largest absolute Gasteiger partial charge is 0.0911 e. The van der Waals surface area contributed by atoms with Crippen molar-refractivity contribution < 1.29 is 0 Å². The van der Waals surface area contributed by atoms with Crippen LogP contribution in [-0.2, 0) is 0 Å². The molecule has 1 saturated carbocycles. The average molecular weight is 138 g/mol. The van der Waals surface area contributed by atoms with Crippen LogP contribution in [0.15, 0.2) is 12.2 Å². The lowest BCUT2D eigenvalue weighted by Crippen LogP contribution is -2.10. The summed E-state index contributed by atoms with van der Waals surface area (Å²) in [5, 5.41) is 0. The molecule has 0 aromatic rings. The molecule has 0 N–H and O–H groups in total. The van der Waals surface area contributed by atoms with Gasteiger partial charge in [0.25, 0.3) is 0 Å². The highest BCUT2D eigenvalue weighted by Crippen LogP contribution is 2.41. The van der Waals surface area contributed by atoms with Crippen molar-refractivity contribution in [2.24, 2.45) is 5.41 Å². The van der Waals surface area contributed by atoms with Crippen LogP contribution >= 0.6 is 0 Å². The van der Waals surface area contributed by atoms with Crippen molar-refractivity contribution >= 4 is 0 Å². The quantitative estimate of drug-likeness (QED) is 0.512. The maximum absolute atomic E-state index is 2.42. The van der Waals surface area contributed by atoms with Gasteiger partial charge >= 0.3 is 0 Å². The third-order valence-corrected chi connectivity index (χ3v) is 2.82. The van der Waals surface area contributed by atoms with E-state index in [1.807, 2.05) is 0 Å². The average Bonchev–Trinajstić information content (AvgIpc) is 2.39. The molecule has 1 aliphatic carbocycles. The van der Waals surface area contributed by atoms with E-state index in [9.17, 15) is 0 Å². The van der Waals surface area contributed by atoms with Crippen molar-refractivity contribution in [2.75, 3.05) is 0 Å². The van der Waals surface area contributed by atoms with E-state index in [1.54, 1.807) is 0 Å². The second-order valence-electron chi connectivity index (χ2n) is 3.42. The first kappa shape index (κ1) is 7.84. The Morgan fingerprint density at radius 1 is 1.30 bits per heavy atom. The molecule has 0 radical (unpaired) electrons. The molecule has 0 amide bonds. The molecule has 0 unspecified atom stereocenters. The summed E-state index contributed by atoms with van der Waals surface area (Å²) in [6, 6.07) is 0. The molecule has 0 saturated heterocycles. The fourth-order valence-electron chi connectivity index (χ4n) is 2.07. The van der Waals surface area contributed by atoms with Crippen LogP contribution in [-0.4, -0.2) is 0 Å². The standard InChI is InChI=1S/C10H18/c1-3-7-10(4-2)8-5-6-9-10/h3,7H,4-6,8-9H2,1-2H3/b7-3-. The molecule has 58 valence electrons. The van der Waals surface area contributed by atoms with Gasteiger partial charge in [0.05, 0.1) is 0 Å². The minimum absolute atomic E-state index is 0.606. The predicted molar refractivity (Wildman–Crippen MR) is 46.0 cm³/mol. The predicted octanol–water partition coefficient (Wildman–Crippen LogP) is 3.53. The van der Waals surface area contributed by atoms with E-state index in [2.05, 4.69) is 26.0 Å². The number of hydrogen-bond donors (Lipinski definition) is 0. The summed E-state index contributed by atoms with van der Waals surface area (Å²) >= 11 is 0. The lowest BCUT2D eigenvalue weighted by Gasteiger charge is -2.22. The Morgan fingerprint density at radius 3 is 2.30 bits per heavy atom. The fourth-order valence-corrected chi connectivity index (χ4v) is 2.07. The molecule has 0 heterocycles. The Kier molecular flexibility index (Phi) is 2.53. The molecule has 0 atom stereocenters. The SMILES string of the molecule is C/C=C\C1(CC)CCCC1.